The van der Waals surface area contributed by atoms with E-state index in [2.05, 4.69) is 10.4 Å². The predicted molar refractivity (Wildman–Crippen MR) is 92.1 cm³/mol. The highest BCUT2D eigenvalue weighted by molar-refractivity contribution is 6.32. The van der Waals surface area contributed by atoms with Crippen molar-refractivity contribution in [2.45, 2.75) is 27.3 Å². The Bertz CT molecular complexity index is 772. The first-order valence-corrected chi connectivity index (χ1v) is 8.11. The number of hydrogen-bond acceptors (Lipinski definition) is 4. The van der Waals surface area contributed by atoms with Crippen molar-refractivity contribution >= 4 is 29.2 Å². The fourth-order valence-corrected chi connectivity index (χ4v) is 2.51. The zero-order chi connectivity index (χ0) is 18.6. The zero-order valence-corrected chi connectivity index (χ0v) is 14.9. The summed E-state index contributed by atoms with van der Waals surface area (Å²) >= 11 is 6.19. The Morgan fingerprint density at radius 1 is 1.32 bits per heavy atom. The van der Waals surface area contributed by atoms with Gasteiger partial charge in [0.1, 0.15) is 16.5 Å². The highest BCUT2D eigenvalue weighted by Gasteiger charge is 2.22. The number of benzene rings is 1. The molecule has 0 saturated carbocycles. The quantitative estimate of drug-likeness (QED) is 0.794. The average Bonchev–Trinajstić information content (AvgIpc) is 2.81. The summed E-state index contributed by atoms with van der Waals surface area (Å²) in [4.78, 5) is 24.0. The van der Waals surface area contributed by atoms with Crippen LogP contribution in [-0.4, -0.2) is 28.3 Å². The number of ether oxygens (including phenoxy) is 1. The first-order valence-electron chi connectivity index (χ1n) is 7.73. The van der Waals surface area contributed by atoms with Gasteiger partial charge in [-0.15, -0.1) is 0 Å². The maximum Gasteiger partial charge on any atom is 0.343 e. The number of anilines is 1. The molecular formula is C17H19ClFN3O3. The van der Waals surface area contributed by atoms with E-state index in [-0.39, 0.29) is 10.7 Å². The van der Waals surface area contributed by atoms with Gasteiger partial charge in [0.05, 0.1) is 5.69 Å². The molecule has 0 radical (unpaired) electrons. The fourth-order valence-electron chi connectivity index (χ4n) is 2.19. The van der Waals surface area contributed by atoms with Gasteiger partial charge in [0.25, 0.3) is 5.91 Å². The molecule has 0 aliphatic heterocycles. The van der Waals surface area contributed by atoms with Gasteiger partial charge >= 0.3 is 5.97 Å². The van der Waals surface area contributed by atoms with Crippen LogP contribution >= 0.6 is 11.6 Å². The molecule has 0 spiro atoms. The smallest absolute Gasteiger partial charge is 0.343 e. The Labute approximate surface area is 149 Å². The number of carbonyl (C=O) groups is 2. The van der Waals surface area contributed by atoms with E-state index < -0.39 is 24.3 Å². The first kappa shape index (κ1) is 18.9. The lowest BCUT2D eigenvalue weighted by molar-refractivity contribution is -0.119. The topological polar surface area (TPSA) is 73.2 Å². The number of aryl methyl sites for hydroxylation is 1. The minimum atomic E-state index is -0.716. The van der Waals surface area contributed by atoms with Gasteiger partial charge in [0.15, 0.2) is 6.61 Å². The second-order valence-corrected chi connectivity index (χ2v) is 6.32. The Hall–Kier alpha value is -2.41. The summed E-state index contributed by atoms with van der Waals surface area (Å²) in [5.41, 5.74) is 0.993. The minimum Gasteiger partial charge on any atom is -0.452 e. The molecule has 0 fully saturated rings. The molecule has 0 aliphatic rings. The number of carbonyl (C=O) groups excluding carboxylic acids is 2. The van der Waals surface area contributed by atoms with E-state index in [4.69, 9.17) is 16.3 Å². The van der Waals surface area contributed by atoms with Crippen molar-refractivity contribution in [3.05, 3.63) is 46.5 Å². The summed E-state index contributed by atoms with van der Waals surface area (Å²) in [5, 5.41) is 6.91. The van der Waals surface area contributed by atoms with E-state index in [9.17, 15) is 14.0 Å². The van der Waals surface area contributed by atoms with Gasteiger partial charge in [-0.3, -0.25) is 9.48 Å². The van der Waals surface area contributed by atoms with E-state index in [1.54, 1.807) is 6.92 Å². The highest BCUT2D eigenvalue weighted by Crippen LogP contribution is 2.21. The summed E-state index contributed by atoms with van der Waals surface area (Å²) in [7, 11) is 0. The highest BCUT2D eigenvalue weighted by atomic mass is 35.5. The number of halogens is 2. The van der Waals surface area contributed by atoms with Crippen LogP contribution in [0.5, 0.6) is 0 Å². The Morgan fingerprint density at radius 2 is 1.96 bits per heavy atom. The van der Waals surface area contributed by atoms with Crippen LogP contribution in [0.15, 0.2) is 24.3 Å². The summed E-state index contributed by atoms with van der Waals surface area (Å²) in [6.45, 7) is 5.74. The Kier molecular flexibility index (Phi) is 6.14. The van der Waals surface area contributed by atoms with Crippen molar-refractivity contribution in [2.24, 2.45) is 5.92 Å². The minimum absolute atomic E-state index is 0.150. The van der Waals surface area contributed by atoms with Crippen molar-refractivity contribution in [1.29, 1.82) is 0 Å². The Morgan fingerprint density at radius 3 is 2.56 bits per heavy atom. The molecule has 25 heavy (non-hydrogen) atoms. The van der Waals surface area contributed by atoms with Crippen LogP contribution in [0.2, 0.25) is 5.15 Å². The van der Waals surface area contributed by atoms with E-state index in [1.807, 2.05) is 13.8 Å². The molecule has 8 heteroatoms. The third-order valence-corrected chi connectivity index (χ3v) is 3.65. The fraction of sp³-hybridized carbons (Fsp3) is 0.353. The average molecular weight is 368 g/mol. The van der Waals surface area contributed by atoms with E-state index >= 15 is 0 Å². The van der Waals surface area contributed by atoms with Gasteiger partial charge in [0.2, 0.25) is 0 Å². The number of rotatable bonds is 6. The SMILES string of the molecule is Cc1nn(CC(C)C)c(Cl)c1C(=O)OCC(=O)Nc1ccc(F)cc1. The molecule has 0 saturated heterocycles. The molecule has 1 amide bonds. The van der Waals surface area contributed by atoms with Crippen LogP contribution in [0.3, 0.4) is 0 Å². The summed E-state index contributed by atoms with van der Waals surface area (Å²) in [6, 6.07) is 5.25. The summed E-state index contributed by atoms with van der Waals surface area (Å²) in [6.07, 6.45) is 0. The van der Waals surface area contributed by atoms with Crippen LogP contribution in [0.4, 0.5) is 10.1 Å². The van der Waals surface area contributed by atoms with E-state index in [1.165, 1.54) is 28.9 Å². The third-order valence-electron chi connectivity index (χ3n) is 3.27. The van der Waals surface area contributed by atoms with Crippen LogP contribution in [0.25, 0.3) is 0 Å². The third kappa shape index (κ3) is 5.03. The van der Waals surface area contributed by atoms with E-state index in [0.717, 1.165) is 0 Å². The standard InChI is InChI=1S/C17H19ClFN3O3/c1-10(2)8-22-16(18)15(11(3)21-22)17(24)25-9-14(23)20-13-6-4-12(19)5-7-13/h4-7,10H,8-9H2,1-3H3,(H,20,23). The molecule has 1 aromatic carbocycles. The maximum absolute atomic E-state index is 12.8. The molecule has 0 aliphatic carbocycles. The van der Waals surface area contributed by atoms with Gasteiger partial charge in [-0.25, -0.2) is 9.18 Å². The lowest BCUT2D eigenvalue weighted by Crippen LogP contribution is -2.21. The molecule has 0 unspecified atom stereocenters. The van der Waals surface area contributed by atoms with Crippen molar-refractivity contribution in [3.63, 3.8) is 0 Å². The summed E-state index contributed by atoms with van der Waals surface area (Å²) in [5.74, 6) is -1.36. The number of amides is 1. The maximum atomic E-state index is 12.8. The lowest BCUT2D eigenvalue weighted by atomic mass is 10.2. The Balaban J connectivity index is 1.97. The molecule has 1 heterocycles. The van der Waals surface area contributed by atoms with Crippen LogP contribution in [-0.2, 0) is 16.1 Å². The normalized spacial score (nSPS) is 10.8. The van der Waals surface area contributed by atoms with Gasteiger partial charge in [-0.05, 0) is 37.1 Å². The molecule has 2 rings (SSSR count). The monoisotopic (exact) mass is 367 g/mol. The molecule has 0 atom stereocenters. The molecule has 1 N–H and O–H groups in total. The molecule has 6 nitrogen and oxygen atoms in total. The second kappa shape index (κ2) is 8.11. The molecule has 0 bridgehead atoms. The van der Waals surface area contributed by atoms with Crippen LogP contribution < -0.4 is 5.32 Å². The predicted octanol–water partition coefficient (Wildman–Crippen LogP) is 3.44. The summed E-state index contributed by atoms with van der Waals surface area (Å²) < 4.78 is 19.4. The second-order valence-electron chi connectivity index (χ2n) is 5.96. The molecule has 1 aromatic heterocycles. The van der Waals surface area contributed by atoms with Crippen molar-refractivity contribution in [2.75, 3.05) is 11.9 Å². The molecule has 134 valence electrons. The van der Waals surface area contributed by atoms with Crippen molar-refractivity contribution < 1.29 is 18.7 Å². The first-order chi connectivity index (χ1) is 11.8. The molecular weight excluding hydrogens is 349 g/mol. The van der Waals surface area contributed by atoms with Crippen LogP contribution in [0, 0.1) is 18.7 Å². The number of esters is 1. The number of nitrogens with one attached hydrogen (secondary N) is 1. The number of hydrogen-bond donors (Lipinski definition) is 1. The van der Waals surface area contributed by atoms with E-state index in [0.29, 0.717) is 23.8 Å². The number of aromatic nitrogens is 2. The van der Waals surface area contributed by atoms with Gasteiger partial charge in [-0.1, -0.05) is 25.4 Å². The van der Waals surface area contributed by atoms with Crippen molar-refractivity contribution in [3.8, 4) is 0 Å². The zero-order valence-electron chi connectivity index (χ0n) is 14.2. The van der Waals surface area contributed by atoms with Crippen molar-refractivity contribution in [1.82, 2.24) is 9.78 Å². The largest absolute Gasteiger partial charge is 0.452 e. The van der Waals surface area contributed by atoms with Gasteiger partial charge in [-0.2, -0.15) is 5.10 Å². The molecule has 2 aromatic rings. The van der Waals surface area contributed by atoms with Gasteiger partial charge in [0, 0.05) is 12.2 Å². The lowest BCUT2D eigenvalue weighted by Gasteiger charge is -2.07. The number of nitrogens with zero attached hydrogens (tertiary/aromatic N) is 2. The van der Waals surface area contributed by atoms with Gasteiger partial charge < -0.3 is 10.1 Å². The van der Waals surface area contributed by atoms with Crippen LogP contribution in [0.1, 0.15) is 29.9 Å².